The summed E-state index contributed by atoms with van der Waals surface area (Å²) in [4.78, 5) is 36.6. The molecule has 1 saturated carbocycles. The van der Waals surface area contributed by atoms with E-state index >= 15 is 0 Å². The van der Waals surface area contributed by atoms with Crippen LogP contribution in [0, 0.1) is 6.92 Å². The molecule has 0 spiro atoms. The van der Waals surface area contributed by atoms with Crippen LogP contribution >= 0.6 is 11.3 Å². The number of thiophene rings is 1. The molecular weight excluding hydrogens is 510 g/mol. The van der Waals surface area contributed by atoms with Gasteiger partial charge in [0.15, 0.2) is 0 Å². The monoisotopic (exact) mass is 541 g/mol. The molecule has 1 aliphatic carbocycles. The molecule has 2 aromatic heterocycles. The summed E-state index contributed by atoms with van der Waals surface area (Å²) in [5.74, 6) is 1.28. The second-order valence-electron chi connectivity index (χ2n) is 10.4. The molecule has 1 fully saturated rings. The highest BCUT2D eigenvalue weighted by atomic mass is 32.1. The van der Waals surface area contributed by atoms with E-state index < -0.39 is 0 Å². The number of urea groups is 1. The van der Waals surface area contributed by atoms with E-state index in [1.165, 1.54) is 11.3 Å². The van der Waals surface area contributed by atoms with E-state index in [1.54, 1.807) is 11.1 Å². The molecule has 200 valence electrons. The number of nitrogens with zero attached hydrogens (tertiary/aromatic N) is 3. The standard InChI is InChI=1S/C30H31N5O3S/c1-18-17-22(38-21-7-5-4-6-8-21)13-14-23(18)35-24-15-16-31-29-25(24)26(33-30(35)37)27(39-29)28(36)32-19-9-11-20(12-10-19)34(2)3/h4-8,13-17,19-20H,9-12H2,1-3H3,(H,32,36)(H,33,37)/t19-,20+. The number of benzene rings is 2. The molecule has 0 atom stereocenters. The van der Waals surface area contributed by atoms with Gasteiger partial charge in [0.1, 0.15) is 21.2 Å². The minimum atomic E-state index is -0.311. The molecule has 1 aliphatic heterocycles. The molecule has 0 saturated heterocycles. The van der Waals surface area contributed by atoms with Crippen molar-refractivity contribution in [3.8, 4) is 11.5 Å². The van der Waals surface area contributed by atoms with Crippen LogP contribution in [0.3, 0.4) is 0 Å². The number of nitrogens with one attached hydrogen (secondary N) is 2. The minimum absolute atomic E-state index is 0.133. The van der Waals surface area contributed by atoms with Gasteiger partial charge in [0.05, 0.1) is 22.4 Å². The van der Waals surface area contributed by atoms with Crippen LogP contribution in [-0.4, -0.2) is 48.0 Å². The van der Waals surface area contributed by atoms with Crippen molar-refractivity contribution in [2.24, 2.45) is 0 Å². The van der Waals surface area contributed by atoms with Gasteiger partial charge in [-0.05, 0) is 88.7 Å². The molecule has 39 heavy (non-hydrogen) atoms. The Bertz CT molecular complexity index is 1540. The number of anilines is 3. The minimum Gasteiger partial charge on any atom is -0.457 e. The Morgan fingerprint density at radius 2 is 1.82 bits per heavy atom. The van der Waals surface area contributed by atoms with Crippen molar-refractivity contribution in [2.45, 2.75) is 44.7 Å². The van der Waals surface area contributed by atoms with Crippen molar-refractivity contribution in [3.05, 3.63) is 71.2 Å². The summed E-state index contributed by atoms with van der Waals surface area (Å²) in [5.41, 5.74) is 2.87. The third kappa shape index (κ3) is 4.84. The molecule has 2 aliphatic rings. The van der Waals surface area contributed by atoms with Crippen molar-refractivity contribution in [3.63, 3.8) is 0 Å². The third-order valence-corrected chi connectivity index (χ3v) is 8.70. The average molecular weight is 542 g/mol. The fraction of sp³-hybridized carbons (Fsp3) is 0.300. The Kier molecular flexibility index (Phi) is 6.70. The van der Waals surface area contributed by atoms with Crippen LogP contribution in [0.15, 0.2) is 60.8 Å². The lowest BCUT2D eigenvalue weighted by molar-refractivity contribution is 0.0921. The summed E-state index contributed by atoms with van der Waals surface area (Å²) in [6, 6.07) is 17.4. The smallest absolute Gasteiger partial charge is 0.331 e. The number of amides is 3. The highest BCUT2D eigenvalue weighted by Crippen LogP contribution is 2.46. The van der Waals surface area contributed by atoms with Crippen LogP contribution in [0.2, 0.25) is 0 Å². The van der Waals surface area contributed by atoms with Gasteiger partial charge in [0, 0.05) is 18.3 Å². The van der Waals surface area contributed by atoms with Crippen LogP contribution in [-0.2, 0) is 0 Å². The second kappa shape index (κ2) is 10.3. The Hall–Kier alpha value is -3.95. The molecule has 2 N–H and O–H groups in total. The number of rotatable bonds is 6. The van der Waals surface area contributed by atoms with E-state index in [1.807, 2.05) is 61.5 Å². The van der Waals surface area contributed by atoms with E-state index in [9.17, 15) is 9.59 Å². The quantitative estimate of drug-likeness (QED) is 0.284. The van der Waals surface area contributed by atoms with Crippen LogP contribution in [0.5, 0.6) is 11.5 Å². The number of aryl methyl sites for hydroxylation is 1. The largest absolute Gasteiger partial charge is 0.457 e. The van der Waals surface area contributed by atoms with E-state index in [-0.39, 0.29) is 18.0 Å². The van der Waals surface area contributed by atoms with Crippen LogP contribution < -0.4 is 20.3 Å². The number of pyridine rings is 1. The van der Waals surface area contributed by atoms with Gasteiger partial charge in [-0.2, -0.15) is 0 Å². The molecule has 0 bridgehead atoms. The van der Waals surface area contributed by atoms with E-state index in [0.29, 0.717) is 28.0 Å². The average Bonchev–Trinajstić information content (AvgIpc) is 3.30. The summed E-state index contributed by atoms with van der Waals surface area (Å²) in [6.45, 7) is 1.95. The van der Waals surface area contributed by atoms with Gasteiger partial charge >= 0.3 is 6.03 Å². The van der Waals surface area contributed by atoms with E-state index in [4.69, 9.17) is 4.74 Å². The first-order chi connectivity index (χ1) is 18.9. The number of ether oxygens (including phenoxy) is 1. The van der Waals surface area contributed by atoms with Crippen LogP contribution in [0.1, 0.15) is 40.9 Å². The number of carbonyl (C=O) groups is 2. The van der Waals surface area contributed by atoms with E-state index in [2.05, 4.69) is 34.6 Å². The summed E-state index contributed by atoms with van der Waals surface area (Å²) >= 11 is 1.32. The topological polar surface area (TPSA) is 86.8 Å². The predicted octanol–water partition coefficient (Wildman–Crippen LogP) is 6.68. The van der Waals surface area contributed by atoms with Crippen molar-refractivity contribution in [1.82, 2.24) is 15.2 Å². The Labute approximate surface area is 231 Å². The molecule has 0 unspecified atom stereocenters. The summed E-state index contributed by atoms with van der Waals surface area (Å²) < 4.78 is 5.98. The maximum Gasteiger partial charge on any atom is 0.331 e. The van der Waals surface area contributed by atoms with Crippen molar-refractivity contribution >= 4 is 50.6 Å². The van der Waals surface area contributed by atoms with Crippen LogP contribution in [0.25, 0.3) is 10.2 Å². The molecule has 2 aromatic carbocycles. The third-order valence-electron chi connectivity index (χ3n) is 7.60. The highest BCUT2D eigenvalue weighted by Gasteiger charge is 2.34. The number of hydrogen-bond donors (Lipinski definition) is 2. The lowest BCUT2D eigenvalue weighted by Gasteiger charge is -2.33. The summed E-state index contributed by atoms with van der Waals surface area (Å²) in [7, 11) is 4.22. The zero-order valence-electron chi connectivity index (χ0n) is 22.2. The first kappa shape index (κ1) is 25.3. The molecule has 3 heterocycles. The fourth-order valence-electron chi connectivity index (χ4n) is 5.54. The lowest BCUT2D eigenvalue weighted by atomic mass is 9.90. The van der Waals surface area contributed by atoms with Gasteiger partial charge < -0.3 is 20.3 Å². The van der Waals surface area contributed by atoms with Gasteiger partial charge in [-0.15, -0.1) is 11.3 Å². The highest BCUT2D eigenvalue weighted by molar-refractivity contribution is 7.21. The van der Waals surface area contributed by atoms with Gasteiger partial charge in [0.2, 0.25) is 0 Å². The SMILES string of the molecule is Cc1cc(Oc2ccccc2)ccc1N1C(=O)Nc2c(C(=O)N[C@H]3CC[C@@H](N(C)C)CC3)sc3nccc1c23. The second-order valence-corrected chi connectivity index (χ2v) is 11.4. The molecule has 8 nitrogen and oxygen atoms in total. The molecule has 4 aromatic rings. The zero-order chi connectivity index (χ0) is 27.1. The van der Waals surface area contributed by atoms with Crippen molar-refractivity contribution in [2.75, 3.05) is 24.3 Å². The van der Waals surface area contributed by atoms with Crippen molar-refractivity contribution < 1.29 is 14.3 Å². The molecule has 6 rings (SSSR count). The predicted molar refractivity (Wildman–Crippen MR) is 156 cm³/mol. The van der Waals surface area contributed by atoms with Gasteiger partial charge in [-0.1, -0.05) is 18.2 Å². The number of aromatic nitrogens is 1. The molecule has 3 amide bonds. The van der Waals surface area contributed by atoms with Gasteiger partial charge in [0.25, 0.3) is 5.91 Å². The van der Waals surface area contributed by atoms with E-state index in [0.717, 1.165) is 52.9 Å². The maximum atomic E-state index is 13.5. The molecule has 0 radical (unpaired) electrons. The lowest BCUT2D eigenvalue weighted by Crippen LogP contribution is -2.42. The number of hydrogen-bond acceptors (Lipinski definition) is 6. The van der Waals surface area contributed by atoms with Crippen molar-refractivity contribution in [1.29, 1.82) is 0 Å². The Morgan fingerprint density at radius 1 is 1.05 bits per heavy atom. The normalized spacial score (nSPS) is 18.8. The van der Waals surface area contributed by atoms with Gasteiger partial charge in [-0.3, -0.25) is 9.69 Å². The first-order valence-corrected chi connectivity index (χ1v) is 14.0. The maximum absolute atomic E-state index is 13.5. The Balaban J connectivity index is 1.28. The zero-order valence-corrected chi connectivity index (χ0v) is 23.0. The molecule has 9 heteroatoms. The summed E-state index contributed by atoms with van der Waals surface area (Å²) in [6.07, 6.45) is 5.70. The summed E-state index contributed by atoms with van der Waals surface area (Å²) in [5, 5.41) is 7.00. The Morgan fingerprint density at radius 3 is 2.54 bits per heavy atom. The van der Waals surface area contributed by atoms with Gasteiger partial charge in [-0.25, -0.2) is 9.78 Å². The number of carbonyl (C=O) groups excluding carboxylic acids is 2. The van der Waals surface area contributed by atoms with Crippen LogP contribution in [0.4, 0.5) is 21.9 Å². The molecular formula is C30H31N5O3S. The number of para-hydroxylation sites is 1. The fourth-order valence-corrected chi connectivity index (χ4v) is 6.56. The first-order valence-electron chi connectivity index (χ1n) is 13.2.